The van der Waals surface area contributed by atoms with Gasteiger partial charge in [-0.25, -0.2) is 0 Å². The lowest BCUT2D eigenvalue weighted by Crippen LogP contribution is -2.28. The Labute approximate surface area is 109 Å². The Hall–Kier alpha value is -1.57. The van der Waals surface area contributed by atoms with E-state index in [-0.39, 0.29) is 0 Å². The van der Waals surface area contributed by atoms with Gasteiger partial charge in [0.05, 0.1) is 17.9 Å². The topological polar surface area (TPSA) is 62.3 Å². The van der Waals surface area contributed by atoms with Crippen LogP contribution >= 0.6 is 0 Å². The lowest BCUT2D eigenvalue weighted by molar-refractivity contribution is 0.154. The number of likely N-dealkylation sites (N-methyl/N-ethyl adjacent to an activating group) is 1. The number of anilines is 1. The highest BCUT2D eigenvalue weighted by Gasteiger charge is 2.10. The van der Waals surface area contributed by atoms with E-state index in [0.29, 0.717) is 18.7 Å². The van der Waals surface area contributed by atoms with Gasteiger partial charge >= 0.3 is 0 Å². The van der Waals surface area contributed by atoms with Crippen molar-refractivity contribution in [3.63, 3.8) is 0 Å². The fourth-order valence-corrected chi connectivity index (χ4v) is 1.84. The summed E-state index contributed by atoms with van der Waals surface area (Å²) < 4.78 is 5.36. The van der Waals surface area contributed by atoms with Crippen LogP contribution in [0.3, 0.4) is 0 Å². The lowest BCUT2D eigenvalue weighted by atomic mass is 10.1. The van der Waals surface area contributed by atoms with Crippen molar-refractivity contribution in [1.29, 1.82) is 5.26 Å². The van der Waals surface area contributed by atoms with E-state index in [1.54, 1.807) is 0 Å². The number of benzene rings is 1. The van der Waals surface area contributed by atoms with Crippen molar-refractivity contribution in [2.75, 3.05) is 31.2 Å². The number of nitrogens with zero attached hydrogens (tertiary/aromatic N) is 2. The Balaban J connectivity index is 2.88. The molecule has 0 fully saturated rings. The van der Waals surface area contributed by atoms with Crippen molar-refractivity contribution in [3.05, 3.63) is 29.3 Å². The first-order valence-corrected chi connectivity index (χ1v) is 6.32. The van der Waals surface area contributed by atoms with Crippen LogP contribution in [0.25, 0.3) is 0 Å². The van der Waals surface area contributed by atoms with Gasteiger partial charge in [0.15, 0.2) is 0 Å². The van der Waals surface area contributed by atoms with Crippen LogP contribution in [0.5, 0.6) is 0 Å². The van der Waals surface area contributed by atoms with Gasteiger partial charge < -0.3 is 15.4 Å². The molecule has 0 aliphatic rings. The van der Waals surface area contributed by atoms with Crippen LogP contribution in [0.15, 0.2) is 18.2 Å². The minimum absolute atomic E-state index is 0.458. The van der Waals surface area contributed by atoms with E-state index < -0.39 is 0 Å². The van der Waals surface area contributed by atoms with Crippen molar-refractivity contribution in [1.82, 2.24) is 0 Å². The predicted octanol–water partition coefficient (Wildman–Crippen LogP) is 1.88. The average molecular weight is 247 g/mol. The first-order valence-electron chi connectivity index (χ1n) is 6.32. The second kappa shape index (κ2) is 7.70. The molecule has 0 heterocycles. The third kappa shape index (κ3) is 3.73. The molecule has 1 rings (SSSR count). The first kappa shape index (κ1) is 14.5. The molecule has 4 heteroatoms. The SMILES string of the molecule is CCOCCN(CC)c1ccc(CN)cc1C#N. The van der Waals surface area contributed by atoms with Gasteiger partial charge in [-0.15, -0.1) is 0 Å². The molecule has 0 saturated heterocycles. The Kier molecular flexibility index (Phi) is 6.20. The summed E-state index contributed by atoms with van der Waals surface area (Å²) in [5.41, 5.74) is 8.20. The van der Waals surface area contributed by atoms with Gasteiger partial charge in [-0.2, -0.15) is 5.26 Å². The number of nitrogens with two attached hydrogens (primary N) is 1. The zero-order valence-electron chi connectivity index (χ0n) is 11.1. The van der Waals surface area contributed by atoms with Crippen molar-refractivity contribution >= 4 is 5.69 Å². The maximum atomic E-state index is 9.21. The molecule has 0 radical (unpaired) electrons. The normalized spacial score (nSPS) is 10.1. The quantitative estimate of drug-likeness (QED) is 0.747. The molecule has 1 aromatic carbocycles. The van der Waals surface area contributed by atoms with Crippen LogP contribution < -0.4 is 10.6 Å². The van der Waals surface area contributed by atoms with Crippen molar-refractivity contribution in [3.8, 4) is 6.07 Å². The first-order chi connectivity index (χ1) is 8.76. The third-order valence-corrected chi connectivity index (χ3v) is 2.85. The Morgan fingerprint density at radius 2 is 2.17 bits per heavy atom. The summed E-state index contributed by atoms with van der Waals surface area (Å²) in [5.74, 6) is 0. The molecule has 0 spiro atoms. The molecule has 0 aliphatic heterocycles. The minimum atomic E-state index is 0.458. The van der Waals surface area contributed by atoms with Crippen LogP contribution in [-0.4, -0.2) is 26.3 Å². The number of rotatable bonds is 7. The zero-order valence-corrected chi connectivity index (χ0v) is 11.1. The standard InChI is InChI=1S/C14H21N3O/c1-3-17(7-8-18-4-2)14-6-5-12(10-15)9-13(14)11-16/h5-6,9H,3-4,7-8,10,15H2,1-2H3. The molecular weight excluding hydrogens is 226 g/mol. The second-order valence-corrected chi connectivity index (χ2v) is 3.94. The maximum Gasteiger partial charge on any atom is 0.101 e. The van der Waals surface area contributed by atoms with E-state index in [4.69, 9.17) is 10.5 Å². The van der Waals surface area contributed by atoms with Gasteiger partial charge in [-0.3, -0.25) is 0 Å². The van der Waals surface area contributed by atoms with Crippen LogP contribution in [0.2, 0.25) is 0 Å². The van der Waals surface area contributed by atoms with Crippen LogP contribution in [0.1, 0.15) is 25.0 Å². The summed E-state index contributed by atoms with van der Waals surface area (Å²) in [5, 5.41) is 9.21. The molecule has 18 heavy (non-hydrogen) atoms. The summed E-state index contributed by atoms with van der Waals surface area (Å²) in [6, 6.07) is 8.04. The van der Waals surface area contributed by atoms with E-state index in [1.807, 2.05) is 25.1 Å². The summed E-state index contributed by atoms with van der Waals surface area (Å²) in [6.07, 6.45) is 0. The van der Waals surface area contributed by atoms with Gasteiger partial charge in [-0.1, -0.05) is 6.07 Å². The Bertz CT molecular complexity index is 412. The van der Waals surface area contributed by atoms with E-state index >= 15 is 0 Å². The monoisotopic (exact) mass is 247 g/mol. The van der Waals surface area contributed by atoms with Crippen molar-refractivity contribution < 1.29 is 4.74 Å². The molecule has 0 amide bonds. The molecule has 0 saturated carbocycles. The Morgan fingerprint density at radius 3 is 2.72 bits per heavy atom. The van der Waals surface area contributed by atoms with E-state index in [2.05, 4.69) is 17.9 Å². The molecule has 0 aliphatic carbocycles. The van der Waals surface area contributed by atoms with E-state index in [0.717, 1.165) is 30.9 Å². The maximum absolute atomic E-state index is 9.21. The van der Waals surface area contributed by atoms with Gasteiger partial charge in [0.1, 0.15) is 6.07 Å². The summed E-state index contributed by atoms with van der Waals surface area (Å²) >= 11 is 0. The highest BCUT2D eigenvalue weighted by Crippen LogP contribution is 2.21. The fourth-order valence-electron chi connectivity index (χ4n) is 1.84. The Morgan fingerprint density at radius 1 is 1.39 bits per heavy atom. The second-order valence-electron chi connectivity index (χ2n) is 3.94. The minimum Gasteiger partial charge on any atom is -0.380 e. The molecular formula is C14H21N3O. The summed E-state index contributed by atoms with van der Waals surface area (Å²) in [6.45, 7) is 7.55. The van der Waals surface area contributed by atoms with Gasteiger partial charge in [-0.05, 0) is 31.5 Å². The molecule has 0 bridgehead atoms. The molecule has 98 valence electrons. The number of hydrogen-bond acceptors (Lipinski definition) is 4. The van der Waals surface area contributed by atoms with Gasteiger partial charge in [0.25, 0.3) is 0 Å². The van der Waals surface area contributed by atoms with Gasteiger partial charge in [0, 0.05) is 26.2 Å². The molecule has 0 atom stereocenters. The molecule has 0 unspecified atom stereocenters. The molecule has 2 N–H and O–H groups in total. The van der Waals surface area contributed by atoms with Crippen LogP contribution in [0.4, 0.5) is 5.69 Å². The molecule has 4 nitrogen and oxygen atoms in total. The third-order valence-electron chi connectivity index (χ3n) is 2.85. The fraction of sp³-hybridized carbons (Fsp3) is 0.500. The predicted molar refractivity (Wildman–Crippen MR) is 73.4 cm³/mol. The lowest BCUT2D eigenvalue weighted by Gasteiger charge is -2.24. The zero-order chi connectivity index (χ0) is 13.4. The summed E-state index contributed by atoms with van der Waals surface area (Å²) in [4.78, 5) is 2.15. The largest absolute Gasteiger partial charge is 0.380 e. The van der Waals surface area contributed by atoms with E-state index in [1.165, 1.54) is 0 Å². The van der Waals surface area contributed by atoms with Crippen LogP contribution in [-0.2, 0) is 11.3 Å². The molecule has 1 aromatic rings. The van der Waals surface area contributed by atoms with E-state index in [9.17, 15) is 5.26 Å². The number of nitriles is 1. The highest BCUT2D eigenvalue weighted by atomic mass is 16.5. The highest BCUT2D eigenvalue weighted by molar-refractivity contribution is 5.60. The summed E-state index contributed by atoms with van der Waals surface area (Å²) in [7, 11) is 0. The van der Waals surface area contributed by atoms with Crippen molar-refractivity contribution in [2.24, 2.45) is 5.73 Å². The smallest absolute Gasteiger partial charge is 0.101 e. The number of hydrogen-bond donors (Lipinski definition) is 1. The molecule has 0 aromatic heterocycles. The average Bonchev–Trinajstić information content (AvgIpc) is 2.43. The van der Waals surface area contributed by atoms with Gasteiger partial charge in [0.2, 0.25) is 0 Å². The number of ether oxygens (including phenoxy) is 1. The van der Waals surface area contributed by atoms with Crippen LogP contribution in [0, 0.1) is 11.3 Å². The van der Waals surface area contributed by atoms with Crippen molar-refractivity contribution in [2.45, 2.75) is 20.4 Å².